The quantitative estimate of drug-likeness (QED) is 0.728. The molecule has 7 heteroatoms. The first kappa shape index (κ1) is 15.3. The summed E-state index contributed by atoms with van der Waals surface area (Å²) in [6.45, 7) is 2.42. The van der Waals surface area contributed by atoms with E-state index < -0.39 is 0 Å². The number of hydrogen-bond acceptors (Lipinski definition) is 6. The molecular weight excluding hydrogens is 324 g/mol. The van der Waals surface area contributed by atoms with Gasteiger partial charge >= 0.3 is 0 Å². The van der Waals surface area contributed by atoms with E-state index in [-0.39, 0.29) is 11.7 Å². The normalized spacial score (nSPS) is 15.9. The molecule has 124 valence electrons. The lowest BCUT2D eigenvalue weighted by atomic mass is 10.1. The number of aromatic nitrogens is 3. The van der Waals surface area contributed by atoms with Crippen molar-refractivity contribution in [3.63, 3.8) is 0 Å². The summed E-state index contributed by atoms with van der Waals surface area (Å²) in [4.78, 5) is 18.8. The molecule has 6 nitrogen and oxygen atoms in total. The molecule has 0 aliphatic carbocycles. The first-order valence-corrected chi connectivity index (χ1v) is 8.86. The minimum atomic E-state index is -0.136. The minimum absolute atomic E-state index is 0.136. The van der Waals surface area contributed by atoms with Crippen LogP contribution in [0.25, 0.3) is 4.96 Å². The van der Waals surface area contributed by atoms with Gasteiger partial charge in [-0.1, -0.05) is 41.7 Å². The van der Waals surface area contributed by atoms with Crippen molar-refractivity contribution in [2.24, 2.45) is 0 Å². The number of nitrogens with zero attached hydrogens (tertiary/aromatic N) is 4. The van der Waals surface area contributed by atoms with Crippen molar-refractivity contribution < 1.29 is 4.74 Å². The average molecular weight is 342 g/mol. The molecule has 1 aliphatic heterocycles. The summed E-state index contributed by atoms with van der Waals surface area (Å²) >= 11 is 1.46. The second-order valence-electron chi connectivity index (χ2n) is 5.85. The average Bonchev–Trinajstić information content (AvgIpc) is 3.07. The van der Waals surface area contributed by atoms with Gasteiger partial charge in [0.15, 0.2) is 0 Å². The highest BCUT2D eigenvalue weighted by Gasteiger charge is 2.22. The lowest BCUT2D eigenvalue weighted by molar-refractivity contribution is 0.0251. The molecule has 0 atom stereocenters. The van der Waals surface area contributed by atoms with E-state index in [1.807, 2.05) is 18.2 Å². The van der Waals surface area contributed by atoms with Gasteiger partial charge in [0.2, 0.25) is 10.1 Å². The van der Waals surface area contributed by atoms with Gasteiger partial charge in [-0.2, -0.15) is 4.52 Å². The van der Waals surface area contributed by atoms with Crippen LogP contribution in [0.5, 0.6) is 0 Å². The highest BCUT2D eigenvalue weighted by molar-refractivity contribution is 7.20. The van der Waals surface area contributed by atoms with Crippen LogP contribution in [0.15, 0.2) is 47.4 Å². The van der Waals surface area contributed by atoms with Crippen LogP contribution in [0.2, 0.25) is 0 Å². The van der Waals surface area contributed by atoms with E-state index in [2.05, 4.69) is 27.1 Å². The second kappa shape index (κ2) is 6.70. The molecule has 0 N–H and O–H groups in total. The molecule has 3 aromatic rings. The second-order valence-corrected chi connectivity index (χ2v) is 6.78. The number of benzene rings is 1. The Bertz CT molecular complexity index is 869. The number of anilines is 1. The highest BCUT2D eigenvalue weighted by Crippen LogP contribution is 2.25. The smallest absolute Gasteiger partial charge is 0.275 e. The summed E-state index contributed by atoms with van der Waals surface area (Å²) in [6, 6.07) is 11.7. The molecule has 3 heterocycles. The molecule has 0 unspecified atom stereocenters. The summed E-state index contributed by atoms with van der Waals surface area (Å²) in [6.07, 6.45) is 3.73. The van der Waals surface area contributed by atoms with E-state index in [9.17, 15) is 4.79 Å². The lowest BCUT2D eigenvalue weighted by Gasteiger charge is -2.31. The molecule has 0 saturated carbocycles. The van der Waals surface area contributed by atoms with Crippen LogP contribution in [-0.2, 0) is 11.3 Å². The van der Waals surface area contributed by atoms with Crippen molar-refractivity contribution in [2.45, 2.75) is 25.6 Å². The fourth-order valence-corrected chi connectivity index (χ4v) is 3.79. The van der Waals surface area contributed by atoms with Gasteiger partial charge in [0.1, 0.15) is 0 Å². The number of fused-ring (bicyclic) bond motifs is 1. The van der Waals surface area contributed by atoms with Gasteiger partial charge in [0, 0.05) is 25.4 Å². The van der Waals surface area contributed by atoms with Crippen LogP contribution in [-0.4, -0.2) is 33.8 Å². The molecule has 2 aromatic heterocycles. The maximum Gasteiger partial charge on any atom is 0.275 e. The molecule has 1 aliphatic rings. The van der Waals surface area contributed by atoms with E-state index in [1.165, 1.54) is 33.7 Å². The third-order valence-electron chi connectivity index (χ3n) is 4.20. The molecule has 1 fully saturated rings. The lowest BCUT2D eigenvalue weighted by Crippen LogP contribution is -2.37. The number of ether oxygens (including phenoxy) is 1. The Morgan fingerprint density at radius 3 is 2.71 bits per heavy atom. The Hall–Kier alpha value is -2.25. The Balaban J connectivity index is 1.37. The Kier molecular flexibility index (Phi) is 4.27. The number of rotatable bonds is 4. The highest BCUT2D eigenvalue weighted by atomic mass is 32.1. The predicted octanol–water partition coefficient (Wildman–Crippen LogP) is 2.34. The van der Waals surface area contributed by atoms with Crippen molar-refractivity contribution in [2.75, 3.05) is 18.0 Å². The molecule has 1 saturated heterocycles. The van der Waals surface area contributed by atoms with E-state index in [1.54, 1.807) is 0 Å². The van der Waals surface area contributed by atoms with Gasteiger partial charge in [-0.3, -0.25) is 4.79 Å². The Labute approximate surface area is 143 Å². The van der Waals surface area contributed by atoms with Crippen LogP contribution in [0.4, 0.5) is 5.13 Å². The Morgan fingerprint density at radius 1 is 1.17 bits per heavy atom. The maximum atomic E-state index is 11.8. The SMILES string of the molecule is O=c1ccnc2sc(N3CCC(OCc4ccccc4)CC3)nn12. The monoisotopic (exact) mass is 342 g/mol. The zero-order chi connectivity index (χ0) is 16.4. The van der Waals surface area contributed by atoms with Gasteiger partial charge in [-0.15, -0.1) is 5.10 Å². The van der Waals surface area contributed by atoms with Crippen molar-refractivity contribution >= 4 is 21.4 Å². The molecule has 0 radical (unpaired) electrons. The molecule has 1 aromatic carbocycles. The molecule has 0 bridgehead atoms. The van der Waals surface area contributed by atoms with Gasteiger partial charge in [0.05, 0.1) is 12.7 Å². The first-order chi connectivity index (χ1) is 11.8. The van der Waals surface area contributed by atoms with Gasteiger partial charge < -0.3 is 9.64 Å². The van der Waals surface area contributed by atoms with E-state index in [0.29, 0.717) is 11.6 Å². The van der Waals surface area contributed by atoms with Crippen LogP contribution in [0.3, 0.4) is 0 Å². The molecule has 0 spiro atoms. The number of hydrogen-bond donors (Lipinski definition) is 0. The zero-order valence-corrected chi connectivity index (χ0v) is 14.0. The van der Waals surface area contributed by atoms with Gasteiger partial charge in [-0.25, -0.2) is 4.98 Å². The summed E-state index contributed by atoms with van der Waals surface area (Å²) < 4.78 is 7.39. The summed E-state index contributed by atoms with van der Waals surface area (Å²) in [7, 11) is 0. The maximum absolute atomic E-state index is 11.8. The van der Waals surface area contributed by atoms with Crippen LogP contribution in [0, 0.1) is 0 Å². The van der Waals surface area contributed by atoms with Crippen LogP contribution < -0.4 is 10.5 Å². The molecule has 24 heavy (non-hydrogen) atoms. The molecular formula is C17H18N4O2S. The van der Waals surface area contributed by atoms with Gasteiger partial charge in [0.25, 0.3) is 5.56 Å². The van der Waals surface area contributed by atoms with Crippen molar-refractivity contribution in [3.8, 4) is 0 Å². The largest absolute Gasteiger partial charge is 0.373 e. The molecule has 4 rings (SSSR count). The van der Waals surface area contributed by atoms with Crippen LogP contribution in [0.1, 0.15) is 18.4 Å². The van der Waals surface area contributed by atoms with Crippen molar-refractivity contribution in [3.05, 3.63) is 58.5 Å². The standard InChI is InChI=1S/C17H18N4O2S/c22-15-6-9-18-16-21(15)19-17(24-16)20-10-7-14(8-11-20)23-12-13-4-2-1-3-5-13/h1-6,9,14H,7-8,10-12H2. The fraction of sp³-hybridized carbons (Fsp3) is 0.353. The van der Waals surface area contributed by atoms with E-state index in [4.69, 9.17) is 4.74 Å². The van der Waals surface area contributed by atoms with Gasteiger partial charge in [-0.05, 0) is 18.4 Å². The van der Waals surface area contributed by atoms with Crippen molar-refractivity contribution in [1.29, 1.82) is 0 Å². The third kappa shape index (κ3) is 3.18. The summed E-state index contributed by atoms with van der Waals surface area (Å²) in [5, 5.41) is 5.25. The fourth-order valence-electron chi connectivity index (χ4n) is 2.86. The molecule has 0 amide bonds. The summed E-state index contributed by atoms with van der Waals surface area (Å²) in [5.41, 5.74) is 1.07. The number of piperidine rings is 1. The summed E-state index contributed by atoms with van der Waals surface area (Å²) in [5.74, 6) is 0. The van der Waals surface area contributed by atoms with Crippen molar-refractivity contribution in [1.82, 2.24) is 14.6 Å². The minimum Gasteiger partial charge on any atom is -0.373 e. The Morgan fingerprint density at radius 2 is 1.96 bits per heavy atom. The van der Waals surface area contributed by atoms with E-state index in [0.717, 1.165) is 31.1 Å². The van der Waals surface area contributed by atoms with E-state index >= 15 is 0 Å². The third-order valence-corrected chi connectivity index (χ3v) is 5.18. The van der Waals surface area contributed by atoms with Crippen LogP contribution >= 0.6 is 11.3 Å². The topological polar surface area (TPSA) is 59.7 Å². The predicted molar refractivity (Wildman–Crippen MR) is 93.6 cm³/mol. The first-order valence-electron chi connectivity index (χ1n) is 8.05. The zero-order valence-electron chi connectivity index (χ0n) is 13.2.